The first-order chi connectivity index (χ1) is 15.6. The zero-order chi connectivity index (χ0) is 22.5. The van der Waals surface area contributed by atoms with E-state index in [0.29, 0.717) is 22.6 Å². The predicted octanol–water partition coefficient (Wildman–Crippen LogP) is 4.34. The molecule has 168 valence electrons. The fourth-order valence-electron chi connectivity index (χ4n) is 4.05. The van der Waals surface area contributed by atoms with Crippen LogP contribution in [-0.4, -0.2) is 45.8 Å². The van der Waals surface area contributed by atoms with Gasteiger partial charge in [-0.15, -0.1) is 0 Å². The number of amides is 1. The molecule has 32 heavy (non-hydrogen) atoms. The Morgan fingerprint density at radius 2 is 1.75 bits per heavy atom. The minimum atomic E-state index is -0.316. The lowest BCUT2D eigenvalue weighted by molar-refractivity contribution is -0.130. The third-order valence-corrected chi connectivity index (χ3v) is 6.95. The molecule has 0 aliphatic carbocycles. The number of para-hydroxylation sites is 1. The van der Waals surface area contributed by atoms with Crippen LogP contribution >= 0.6 is 11.8 Å². The summed E-state index contributed by atoms with van der Waals surface area (Å²) in [5, 5.41) is 0.834. The molecule has 2 heterocycles. The lowest BCUT2D eigenvalue weighted by Gasteiger charge is -2.24. The maximum atomic E-state index is 13.4. The average Bonchev–Trinajstić information content (AvgIpc) is 3.11. The zero-order valence-corrected chi connectivity index (χ0v) is 19.4. The Labute approximate surface area is 192 Å². The molecule has 1 fully saturated rings. The van der Waals surface area contributed by atoms with E-state index in [-0.39, 0.29) is 16.7 Å². The van der Waals surface area contributed by atoms with Crippen molar-refractivity contribution in [3.05, 3.63) is 64.4 Å². The highest BCUT2D eigenvalue weighted by Gasteiger charge is 2.24. The number of hydrogen-bond acceptors (Lipinski definition) is 5. The molecule has 0 spiro atoms. The highest BCUT2D eigenvalue weighted by atomic mass is 32.2. The molecule has 1 aliphatic heterocycles. The second kappa shape index (κ2) is 10.2. The average molecular weight is 452 g/mol. The highest BCUT2D eigenvalue weighted by molar-refractivity contribution is 8.00. The molecule has 1 amide bonds. The molecule has 1 aromatic heterocycles. The minimum Gasteiger partial charge on any atom is -0.497 e. The number of carbonyl (C=O) groups is 1. The van der Waals surface area contributed by atoms with Gasteiger partial charge in [-0.3, -0.25) is 14.2 Å². The number of benzene rings is 2. The smallest absolute Gasteiger partial charge is 0.262 e. The van der Waals surface area contributed by atoms with E-state index in [4.69, 9.17) is 9.72 Å². The van der Waals surface area contributed by atoms with Gasteiger partial charge in [0.2, 0.25) is 5.91 Å². The Kier molecular flexibility index (Phi) is 7.15. The quantitative estimate of drug-likeness (QED) is 0.412. The van der Waals surface area contributed by atoms with Gasteiger partial charge in [0, 0.05) is 13.1 Å². The van der Waals surface area contributed by atoms with Crippen LogP contribution in [-0.2, 0) is 11.3 Å². The summed E-state index contributed by atoms with van der Waals surface area (Å²) in [6, 6.07) is 15.0. The molecule has 2 aromatic carbocycles. The van der Waals surface area contributed by atoms with Crippen LogP contribution in [0, 0.1) is 0 Å². The van der Waals surface area contributed by atoms with Crippen molar-refractivity contribution >= 4 is 28.6 Å². The number of aromatic nitrogens is 2. The molecule has 4 rings (SSSR count). The Morgan fingerprint density at radius 3 is 2.44 bits per heavy atom. The van der Waals surface area contributed by atoms with Gasteiger partial charge in [0.25, 0.3) is 5.56 Å². The second-order valence-electron chi connectivity index (χ2n) is 8.15. The maximum Gasteiger partial charge on any atom is 0.262 e. The van der Waals surface area contributed by atoms with E-state index in [9.17, 15) is 9.59 Å². The number of hydrogen-bond donors (Lipinski definition) is 0. The maximum absolute atomic E-state index is 13.4. The first-order valence-electron chi connectivity index (χ1n) is 11.1. The van der Waals surface area contributed by atoms with Crippen molar-refractivity contribution in [2.45, 2.75) is 49.6 Å². The van der Waals surface area contributed by atoms with Gasteiger partial charge in [-0.2, -0.15) is 0 Å². The van der Waals surface area contributed by atoms with Crippen LogP contribution < -0.4 is 10.3 Å². The number of rotatable bonds is 6. The summed E-state index contributed by atoms with van der Waals surface area (Å²) in [6.45, 7) is 3.92. The van der Waals surface area contributed by atoms with Crippen LogP contribution in [0.1, 0.15) is 38.2 Å². The number of carbonyl (C=O) groups excluding carboxylic acids is 1. The molecule has 3 aromatic rings. The van der Waals surface area contributed by atoms with Crippen LogP contribution in [0.25, 0.3) is 10.9 Å². The van der Waals surface area contributed by atoms with Crippen molar-refractivity contribution in [1.29, 1.82) is 0 Å². The summed E-state index contributed by atoms with van der Waals surface area (Å²) >= 11 is 1.37. The molecule has 0 saturated carbocycles. The Morgan fingerprint density at radius 1 is 1.06 bits per heavy atom. The van der Waals surface area contributed by atoms with E-state index < -0.39 is 0 Å². The van der Waals surface area contributed by atoms with E-state index >= 15 is 0 Å². The summed E-state index contributed by atoms with van der Waals surface area (Å²) in [5.74, 6) is 0.888. The number of nitrogens with zero attached hydrogens (tertiary/aromatic N) is 3. The number of likely N-dealkylation sites (tertiary alicyclic amines) is 1. The molecule has 0 N–H and O–H groups in total. The van der Waals surface area contributed by atoms with Crippen LogP contribution in [0.5, 0.6) is 5.75 Å². The lowest BCUT2D eigenvalue weighted by atomic mass is 10.2. The molecule has 1 aliphatic rings. The van der Waals surface area contributed by atoms with E-state index in [0.717, 1.165) is 37.2 Å². The van der Waals surface area contributed by atoms with Gasteiger partial charge in [-0.1, -0.05) is 48.9 Å². The lowest BCUT2D eigenvalue weighted by Crippen LogP contribution is -2.37. The van der Waals surface area contributed by atoms with Crippen molar-refractivity contribution in [2.75, 3.05) is 20.2 Å². The van der Waals surface area contributed by atoms with Gasteiger partial charge in [-0.25, -0.2) is 4.98 Å². The fraction of sp³-hybridized carbons (Fsp3) is 0.400. The third-order valence-electron chi connectivity index (χ3n) is 5.87. The number of ether oxygens (including phenoxy) is 1. The van der Waals surface area contributed by atoms with Crippen molar-refractivity contribution in [3.8, 4) is 5.75 Å². The van der Waals surface area contributed by atoms with Crippen molar-refractivity contribution in [2.24, 2.45) is 0 Å². The normalized spacial score (nSPS) is 15.4. The molecule has 7 heteroatoms. The standard InChI is InChI=1S/C25H29N3O3S/c1-18(23(29)27-15-7-3-4-8-16-27)32-25-26-22-10-6-5-9-21(22)24(30)28(25)17-19-11-13-20(31-2)14-12-19/h5-6,9-14,18H,3-4,7-8,15-17H2,1-2H3. The molecule has 0 radical (unpaired) electrons. The SMILES string of the molecule is COc1ccc(Cn2c(SC(C)C(=O)N3CCCCCC3)nc3ccccc3c2=O)cc1. The predicted molar refractivity (Wildman–Crippen MR) is 128 cm³/mol. The summed E-state index contributed by atoms with van der Waals surface area (Å²) in [5.41, 5.74) is 1.53. The van der Waals surface area contributed by atoms with Gasteiger partial charge in [0.05, 0.1) is 29.8 Å². The third kappa shape index (κ3) is 4.99. The fourth-order valence-corrected chi connectivity index (χ4v) is 5.04. The summed E-state index contributed by atoms with van der Waals surface area (Å²) in [6.07, 6.45) is 4.47. The molecule has 1 saturated heterocycles. The highest BCUT2D eigenvalue weighted by Crippen LogP contribution is 2.26. The van der Waals surface area contributed by atoms with Crippen LogP contribution in [0.15, 0.2) is 58.5 Å². The summed E-state index contributed by atoms with van der Waals surface area (Å²) < 4.78 is 6.92. The molecule has 6 nitrogen and oxygen atoms in total. The van der Waals surface area contributed by atoms with Gasteiger partial charge in [0.15, 0.2) is 5.16 Å². The first kappa shape index (κ1) is 22.4. The Balaban J connectivity index is 1.66. The van der Waals surface area contributed by atoms with E-state index in [1.165, 1.54) is 24.6 Å². The number of fused-ring (bicyclic) bond motifs is 1. The molecule has 1 atom stereocenters. The number of methoxy groups -OCH3 is 1. The van der Waals surface area contributed by atoms with Crippen molar-refractivity contribution in [1.82, 2.24) is 14.5 Å². The molecular formula is C25H29N3O3S. The first-order valence-corrected chi connectivity index (χ1v) is 12.0. The minimum absolute atomic E-state index is 0.0941. The van der Waals surface area contributed by atoms with Crippen LogP contribution in [0.4, 0.5) is 0 Å². The summed E-state index contributed by atoms with van der Waals surface area (Å²) in [4.78, 5) is 33.2. The molecular weight excluding hydrogens is 422 g/mol. The summed E-state index contributed by atoms with van der Waals surface area (Å²) in [7, 11) is 1.63. The van der Waals surface area contributed by atoms with E-state index in [2.05, 4.69) is 0 Å². The van der Waals surface area contributed by atoms with Gasteiger partial charge >= 0.3 is 0 Å². The number of thioether (sulfide) groups is 1. The van der Waals surface area contributed by atoms with Gasteiger partial charge < -0.3 is 9.64 Å². The Bertz CT molecular complexity index is 1140. The van der Waals surface area contributed by atoms with E-state index in [1.54, 1.807) is 17.7 Å². The Hall–Kier alpha value is -2.80. The van der Waals surface area contributed by atoms with Crippen molar-refractivity contribution < 1.29 is 9.53 Å². The second-order valence-corrected chi connectivity index (χ2v) is 9.46. The monoisotopic (exact) mass is 451 g/mol. The van der Waals surface area contributed by atoms with Gasteiger partial charge in [-0.05, 0) is 49.6 Å². The van der Waals surface area contributed by atoms with Crippen molar-refractivity contribution in [3.63, 3.8) is 0 Å². The van der Waals surface area contributed by atoms with Crippen LogP contribution in [0.2, 0.25) is 0 Å². The zero-order valence-electron chi connectivity index (χ0n) is 18.6. The van der Waals surface area contributed by atoms with E-state index in [1.807, 2.05) is 54.3 Å². The van der Waals surface area contributed by atoms with Crippen LogP contribution in [0.3, 0.4) is 0 Å². The van der Waals surface area contributed by atoms with Gasteiger partial charge in [0.1, 0.15) is 5.75 Å². The topological polar surface area (TPSA) is 64.4 Å². The largest absolute Gasteiger partial charge is 0.497 e. The molecule has 1 unspecified atom stereocenters. The molecule has 0 bridgehead atoms.